The van der Waals surface area contributed by atoms with E-state index in [1.165, 1.54) is 51.6 Å². The molecule has 7 nitrogen and oxygen atoms in total. The van der Waals surface area contributed by atoms with Gasteiger partial charge in [0.1, 0.15) is 17.9 Å². The lowest BCUT2D eigenvalue weighted by Gasteiger charge is -2.52. The Morgan fingerprint density at radius 2 is 1.73 bits per heavy atom. The van der Waals surface area contributed by atoms with E-state index in [-0.39, 0.29) is 30.2 Å². The Balaban J connectivity index is 1.12. The minimum absolute atomic E-state index is 0.135. The summed E-state index contributed by atoms with van der Waals surface area (Å²) >= 11 is 0. The van der Waals surface area contributed by atoms with Gasteiger partial charge in [0, 0.05) is 37.7 Å². The number of imide groups is 1. The predicted molar refractivity (Wildman–Crippen MR) is 122 cm³/mol. The van der Waals surface area contributed by atoms with Gasteiger partial charge in [-0.3, -0.25) is 24.6 Å². The molecule has 3 heterocycles. The molecule has 2 saturated heterocycles. The Labute approximate surface area is 194 Å². The number of fused-ring (bicyclic) bond motifs is 1. The number of likely N-dealkylation sites (tertiary alicyclic amines) is 1. The Morgan fingerprint density at radius 1 is 0.909 bits per heavy atom. The van der Waals surface area contributed by atoms with E-state index in [0.29, 0.717) is 24.6 Å². The standard InChI is InChI=1S/C26H33N3O4/c30-24-11-10-22(25(31)27-24)29-15-17-12-19(8-9-20(17)26(29)32)33-23-7-2-1-6-21(23)28-13-18(14-28)16-4-3-5-16/h8-9,12,16,18,21-23H,1-7,10-11,13-15H2,(H,27,30,31)/t21-,22?,23+/m0/s1. The average molecular weight is 452 g/mol. The minimum atomic E-state index is -0.579. The third kappa shape index (κ3) is 3.84. The number of carbonyl (C=O) groups is 3. The molecule has 1 aromatic carbocycles. The van der Waals surface area contributed by atoms with Gasteiger partial charge in [0.25, 0.3) is 5.91 Å². The first-order valence-electron chi connectivity index (χ1n) is 12.7. The molecule has 3 aliphatic heterocycles. The summed E-state index contributed by atoms with van der Waals surface area (Å²) < 4.78 is 6.54. The summed E-state index contributed by atoms with van der Waals surface area (Å²) in [6.07, 6.45) is 9.87. The number of ether oxygens (including phenoxy) is 1. The Hall–Kier alpha value is -2.41. The fraction of sp³-hybridized carbons (Fsp3) is 0.654. The van der Waals surface area contributed by atoms with E-state index in [1.807, 2.05) is 18.2 Å². The van der Waals surface area contributed by atoms with Crippen molar-refractivity contribution in [3.8, 4) is 5.75 Å². The van der Waals surface area contributed by atoms with Crippen molar-refractivity contribution in [1.29, 1.82) is 0 Å². The molecule has 1 aromatic rings. The molecule has 33 heavy (non-hydrogen) atoms. The summed E-state index contributed by atoms with van der Waals surface area (Å²) in [5.74, 6) is 1.91. The molecule has 6 rings (SSSR count). The maximum absolute atomic E-state index is 12.9. The highest BCUT2D eigenvalue weighted by Crippen LogP contribution is 2.41. The van der Waals surface area contributed by atoms with E-state index in [4.69, 9.17) is 4.74 Å². The first-order chi connectivity index (χ1) is 16.1. The van der Waals surface area contributed by atoms with Crippen molar-refractivity contribution in [2.75, 3.05) is 13.1 Å². The fourth-order valence-corrected chi connectivity index (χ4v) is 6.46. The zero-order valence-corrected chi connectivity index (χ0v) is 19.1. The van der Waals surface area contributed by atoms with Crippen LogP contribution in [0.2, 0.25) is 0 Å². The zero-order valence-electron chi connectivity index (χ0n) is 19.1. The van der Waals surface area contributed by atoms with Gasteiger partial charge in [-0.2, -0.15) is 0 Å². The molecule has 176 valence electrons. The quantitative estimate of drug-likeness (QED) is 0.697. The van der Waals surface area contributed by atoms with Gasteiger partial charge < -0.3 is 9.64 Å². The largest absolute Gasteiger partial charge is 0.489 e. The van der Waals surface area contributed by atoms with Crippen LogP contribution in [0.25, 0.3) is 0 Å². The lowest BCUT2D eigenvalue weighted by atomic mass is 9.71. The van der Waals surface area contributed by atoms with Crippen LogP contribution in [-0.4, -0.2) is 58.8 Å². The number of carbonyl (C=O) groups excluding carboxylic acids is 3. The molecule has 7 heteroatoms. The summed E-state index contributed by atoms with van der Waals surface area (Å²) in [6.45, 7) is 2.85. The van der Waals surface area contributed by atoms with Crippen LogP contribution in [0.15, 0.2) is 18.2 Å². The number of nitrogens with zero attached hydrogens (tertiary/aromatic N) is 2. The number of nitrogens with one attached hydrogen (secondary N) is 1. The summed E-state index contributed by atoms with van der Waals surface area (Å²) in [5, 5.41) is 2.36. The summed E-state index contributed by atoms with van der Waals surface area (Å²) in [4.78, 5) is 41.0. The third-order valence-electron chi connectivity index (χ3n) is 8.67. The second-order valence-corrected chi connectivity index (χ2v) is 10.6. The van der Waals surface area contributed by atoms with Gasteiger partial charge >= 0.3 is 0 Å². The second kappa shape index (κ2) is 8.42. The Bertz CT molecular complexity index is 968. The van der Waals surface area contributed by atoms with Crippen LogP contribution in [0.3, 0.4) is 0 Å². The summed E-state index contributed by atoms with van der Waals surface area (Å²) in [5.41, 5.74) is 1.54. The Kier molecular flexibility index (Phi) is 5.40. The second-order valence-electron chi connectivity index (χ2n) is 10.6. The molecule has 5 aliphatic rings. The molecular weight excluding hydrogens is 418 g/mol. The van der Waals surface area contributed by atoms with E-state index in [1.54, 1.807) is 4.90 Å². The smallest absolute Gasteiger partial charge is 0.255 e. The average Bonchev–Trinajstić information content (AvgIpc) is 3.05. The van der Waals surface area contributed by atoms with E-state index in [2.05, 4.69) is 10.2 Å². The maximum Gasteiger partial charge on any atom is 0.255 e. The van der Waals surface area contributed by atoms with Crippen molar-refractivity contribution < 1.29 is 19.1 Å². The van der Waals surface area contributed by atoms with Gasteiger partial charge in [-0.25, -0.2) is 0 Å². The first kappa shape index (κ1) is 21.1. The zero-order chi connectivity index (χ0) is 22.5. The predicted octanol–water partition coefficient (Wildman–Crippen LogP) is 2.87. The van der Waals surface area contributed by atoms with E-state index >= 15 is 0 Å². The topological polar surface area (TPSA) is 79.0 Å². The third-order valence-corrected chi connectivity index (χ3v) is 8.67. The van der Waals surface area contributed by atoms with Crippen molar-refractivity contribution >= 4 is 17.7 Å². The molecule has 2 saturated carbocycles. The number of piperidine rings is 1. The van der Waals surface area contributed by atoms with Gasteiger partial charge in [0.15, 0.2) is 0 Å². The molecule has 1 unspecified atom stereocenters. The number of amides is 3. The molecule has 3 atom stereocenters. The van der Waals surface area contributed by atoms with Crippen LogP contribution in [-0.2, 0) is 16.1 Å². The van der Waals surface area contributed by atoms with E-state index in [0.717, 1.165) is 29.6 Å². The van der Waals surface area contributed by atoms with Crippen molar-refractivity contribution in [3.63, 3.8) is 0 Å². The van der Waals surface area contributed by atoms with Crippen LogP contribution < -0.4 is 10.1 Å². The van der Waals surface area contributed by atoms with Crippen LogP contribution in [0, 0.1) is 11.8 Å². The van der Waals surface area contributed by atoms with Gasteiger partial charge in [-0.05, 0) is 61.3 Å². The highest BCUT2D eigenvalue weighted by molar-refractivity contribution is 6.05. The van der Waals surface area contributed by atoms with Crippen molar-refractivity contribution in [3.05, 3.63) is 29.3 Å². The number of benzene rings is 1. The molecular formula is C26H33N3O4. The SMILES string of the molecule is O=C1CCC(N2Cc3cc(O[C@@H]4CCCC[C@@H]4N4CC(C5CCC5)C4)ccc3C2=O)C(=O)N1. The van der Waals surface area contributed by atoms with Crippen molar-refractivity contribution in [2.45, 2.75) is 82.5 Å². The van der Waals surface area contributed by atoms with Crippen molar-refractivity contribution in [2.24, 2.45) is 11.8 Å². The van der Waals surface area contributed by atoms with E-state index in [9.17, 15) is 14.4 Å². The monoisotopic (exact) mass is 451 g/mol. The van der Waals surface area contributed by atoms with Crippen LogP contribution >= 0.6 is 0 Å². The lowest BCUT2D eigenvalue weighted by Crippen LogP contribution is -2.60. The van der Waals surface area contributed by atoms with Gasteiger partial charge in [0.05, 0.1) is 0 Å². The molecule has 0 radical (unpaired) electrons. The highest BCUT2D eigenvalue weighted by Gasteiger charge is 2.43. The fourth-order valence-electron chi connectivity index (χ4n) is 6.46. The van der Waals surface area contributed by atoms with Crippen LogP contribution in [0.5, 0.6) is 5.75 Å². The molecule has 0 bridgehead atoms. The Morgan fingerprint density at radius 3 is 2.48 bits per heavy atom. The summed E-state index contributed by atoms with van der Waals surface area (Å²) in [6, 6.07) is 5.64. The number of hydrogen-bond acceptors (Lipinski definition) is 5. The van der Waals surface area contributed by atoms with Gasteiger partial charge in [0.2, 0.25) is 11.8 Å². The maximum atomic E-state index is 12.9. The molecule has 0 aromatic heterocycles. The summed E-state index contributed by atoms with van der Waals surface area (Å²) in [7, 11) is 0. The normalized spacial score (nSPS) is 31.1. The molecule has 4 fully saturated rings. The molecule has 0 spiro atoms. The number of hydrogen-bond donors (Lipinski definition) is 1. The van der Waals surface area contributed by atoms with Gasteiger partial charge in [-0.1, -0.05) is 25.7 Å². The first-order valence-corrected chi connectivity index (χ1v) is 12.7. The van der Waals surface area contributed by atoms with Crippen LogP contribution in [0.1, 0.15) is 73.7 Å². The highest BCUT2D eigenvalue weighted by atomic mass is 16.5. The lowest BCUT2D eigenvalue weighted by molar-refractivity contribution is -0.136. The number of rotatable bonds is 5. The molecule has 1 N–H and O–H groups in total. The van der Waals surface area contributed by atoms with Crippen LogP contribution in [0.4, 0.5) is 0 Å². The van der Waals surface area contributed by atoms with Crippen molar-refractivity contribution in [1.82, 2.24) is 15.1 Å². The molecule has 3 amide bonds. The minimum Gasteiger partial charge on any atom is -0.489 e. The van der Waals surface area contributed by atoms with Gasteiger partial charge in [-0.15, -0.1) is 0 Å². The van der Waals surface area contributed by atoms with E-state index < -0.39 is 6.04 Å². The molecule has 2 aliphatic carbocycles.